The van der Waals surface area contributed by atoms with E-state index in [0.29, 0.717) is 5.56 Å². The van der Waals surface area contributed by atoms with Gasteiger partial charge in [0, 0.05) is 7.05 Å². The predicted molar refractivity (Wildman–Crippen MR) is 63.0 cm³/mol. The molecular weight excluding hydrogens is 256 g/mol. The fourth-order valence-electron chi connectivity index (χ4n) is 1.21. The number of methoxy groups -OCH3 is 1. The Labute approximate surface area is 105 Å². The van der Waals surface area contributed by atoms with Crippen LogP contribution >= 0.6 is 0 Å². The molecule has 0 aliphatic carbocycles. The fourth-order valence-corrected chi connectivity index (χ4v) is 2.33. The van der Waals surface area contributed by atoms with Gasteiger partial charge in [-0.15, -0.1) is 0 Å². The van der Waals surface area contributed by atoms with E-state index in [1.54, 1.807) is 0 Å². The normalized spacial score (nSPS) is 11.0. The molecule has 0 aliphatic rings. The minimum atomic E-state index is -3.75. The number of sulfonamides is 1. The van der Waals surface area contributed by atoms with Gasteiger partial charge in [-0.3, -0.25) is 4.79 Å². The maximum absolute atomic E-state index is 12.0. The molecule has 0 unspecified atom stereocenters. The minimum Gasteiger partial charge on any atom is -0.468 e. The molecule has 0 aliphatic heterocycles. The first-order valence-electron chi connectivity index (χ1n) is 4.95. The second kappa shape index (κ2) is 5.62. The molecule has 0 bridgehead atoms. The summed E-state index contributed by atoms with van der Waals surface area (Å²) in [7, 11) is -1.28. The lowest BCUT2D eigenvalue weighted by Crippen LogP contribution is -2.32. The SMILES string of the molecule is COC(=O)CN(C)S(=O)(=O)c1ccc(C#N)cc1. The molecule has 0 saturated heterocycles. The van der Waals surface area contributed by atoms with E-state index in [-0.39, 0.29) is 11.4 Å². The number of carbonyl (C=O) groups is 1. The van der Waals surface area contributed by atoms with Crippen molar-refractivity contribution >= 4 is 16.0 Å². The summed E-state index contributed by atoms with van der Waals surface area (Å²) in [6, 6.07) is 7.34. The van der Waals surface area contributed by atoms with E-state index in [2.05, 4.69) is 4.74 Å². The van der Waals surface area contributed by atoms with E-state index in [9.17, 15) is 13.2 Å². The highest BCUT2D eigenvalue weighted by Crippen LogP contribution is 2.14. The number of nitriles is 1. The maximum atomic E-state index is 12.0. The van der Waals surface area contributed by atoms with Gasteiger partial charge in [0.05, 0.1) is 23.6 Å². The van der Waals surface area contributed by atoms with Gasteiger partial charge < -0.3 is 4.74 Å². The van der Waals surface area contributed by atoms with Crippen LogP contribution in [0.5, 0.6) is 0 Å². The lowest BCUT2D eigenvalue weighted by Gasteiger charge is -2.15. The molecule has 0 heterocycles. The number of esters is 1. The minimum absolute atomic E-state index is 0.0212. The van der Waals surface area contributed by atoms with Gasteiger partial charge in [0.2, 0.25) is 10.0 Å². The molecule has 0 radical (unpaired) electrons. The standard InChI is InChI=1S/C11H12N2O4S/c1-13(8-11(14)17-2)18(15,16)10-5-3-9(7-12)4-6-10/h3-6H,8H2,1-2H3. The van der Waals surface area contributed by atoms with Crippen molar-refractivity contribution in [1.82, 2.24) is 4.31 Å². The Morgan fingerprint density at radius 2 is 1.94 bits per heavy atom. The molecule has 1 aromatic carbocycles. The van der Waals surface area contributed by atoms with Crippen LogP contribution in [-0.2, 0) is 19.6 Å². The monoisotopic (exact) mass is 268 g/mol. The summed E-state index contributed by atoms with van der Waals surface area (Å²) in [5.41, 5.74) is 0.365. The van der Waals surface area contributed by atoms with Crippen LogP contribution in [0.3, 0.4) is 0 Å². The van der Waals surface area contributed by atoms with E-state index in [1.807, 2.05) is 6.07 Å². The summed E-state index contributed by atoms with van der Waals surface area (Å²) in [6.45, 7) is -0.362. The molecule has 0 aromatic heterocycles. The molecule has 0 saturated carbocycles. The number of benzene rings is 1. The largest absolute Gasteiger partial charge is 0.468 e. The Morgan fingerprint density at radius 3 is 2.39 bits per heavy atom. The zero-order valence-corrected chi connectivity index (χ0v) is 10.8. The van der Waals surface area contributed by atoms with Crippen LogP contribution in [-0.4, -0.2) is 39.4 Å². The van der Waals surface area contributed by atoms with Gasteiger partial charge in [-0.2, -0.15) is 9.57 Å². The Balaban J connectivity index is 2.98. The van der Waals surface area contributed by atoms with E-state index < -0.39 is 16.0 Å². The second-order valence-electron chi connectivity index (χ2n) is 3.47. The molecule has 0 spiro atoms. The van der Waals surface area contributed by atoms with Crippen molar-refractivity contribution in [1.29, 1.82) is 5.26 Å². The van der Waals surface area contributed by atoms with Crippen LogP contribution in [0.1, 0.15) is 5.56 Å². The molecule has 1 rings (SSSR count). The first-order chi connectivity index (χ1) is 8.41. The zero-order valence-electron chi connectivity index (χ0n) is 9.95. The highest BCUT2D eigenvalue weighted by molar-refractivity contribution is 7.89. The van der Waals surface area contributed by atoms with Crippen molar-refractivity contribution in [3.8, 4) is 6.07 Å². The summed E-state index contributed by atoms with van der Waals surface area (Å²) in [4.78, 5) is 11.1. The number of carbonyl (C=O) groups excluding carboxylic acids is 1. The maximum Gasteiger partial charge on any atom is 0.321 e. The highest BCUT2D eigenvalue weighted by Gasteiger charge is 2.22. The molecule has 1 aromatic rings. The summed E-state index contributed by atoms with van der Waals surface area (Å²) in [6.07, 6.45) is 0. The van der Waals surface area contributed by atoms with Gasteiger partial charge >= 0.3 is 5.97 Å². The molecule has 7 heteroatoms. The van der Waals surface area contributed by atoms with Gasteiger partial charge in [0.25, 0.3) is 0 Å². The van der Waals surface area contributed by atoms with Crippen LogP contribution in [0.2, 0.25) is 0 Å². The number of ether oxygens (including phenoxy) is 1. The molecule has 18 heavy (non-hydrogen) atoms. The fraction of sp³-hybridized carbons (Fsp3) is 0.273. The smallest absolute Gasteiger partial charge is 0.321 e. The summed E-state index contributed by atoms with van der Waals surface area (Å²) >= 11 is 0. The Kier molecular flexibility index (Phi) is 4.42. The number of hydrogen-bond acceptors (Lipinski definition) is 5. The van der Waals surface area contributed by atoms with Gasteiger partial charge in [-0.25, -0.2) is 8.42 Å². The van der Waals surface area contributed by atoms with E-state index in [1.165, 1.54) is 38.4 Å². The number of nitrogens with zero attached hydrogens (tertiary/aromatic N) is 2. The average Bonchev–Trinajstić information content (AvgIpc) is 2.38. The van der Waals surface area contributed by atoms with Crippen LogP contribution in [0.15, 0.2) is 29.2 Å². The molecule has 96 valence electrons. The molecule has 0 atom stereocenters. The van der Waals surface area contributed by atoms with E-state index in [0.717, 1.165) is 4.31 Å². The van der Waals surface area contributed by atoms with Crippen molar-refractivity contribution < 1.29 is 17.9 Å². The lowest BCUT2D eigenvalue weighted by atomic mass is 10.2. The van der Waals surface area contributed by atoms with E-state index >= 15 is 0 Å². The molecule has 6 nitrogen and oxygen atoms in total. The molecular formula is C11H12N2O4S. The highest BCUT2D eigenvalue weighted by atomic mass is 32.2. The Hall–Kier alpha value is -1.91. The van der Waals surface area contributed by atoms with Crippen LogP contribution < -0.4 is 0 Å². The van der Waals surface area contributed by atoms with Crippen LogP contribution in [0.25, 0.3) is 0 Å². The van der Waals surface area contributed by atoms with E-state index in [4.69, 9.17) is 5.26 Å². The van der Waals surface area contributed by atoms with Crippen LogP contribution in [0.4, 0.5) is 0 Å². The number of likely N-dealkylation sites (N-methyl/N-ethyl adjacent to an activating group) is 1. The van der Waals surface area contributed by atoms with Crippen molar-refractivity contribution in [2.24, 2.45) is 0 Å². The molecule has 0 amide bonds. The second-order valence-corrected chi connectivity index (χ2v) is 5.52. The zero-order chi connectivity index (χ0) is 13.8. The third-order valence-corrected chi connectivity index (χ3v) is 4.09. The lowest BCUT2D eigenvalue weighted by molar-refractivity contribution is -0.140. The summed E-state index contributed by atoms with van der Waals surface area (Å²) < 4.78 is 29.3. The summed E-state index contributed by atoms with van der Waals surface area (Å²) in [5.74, 6) is -0.644. The first-order valence-corrected chi connectivity index (χ1v) is 6.39. The summed E-state index contributed by atoms with van der Waals surface area (Å²) in [5, 5.41) is 8.62. The third kappa shape index (κ3) is 3.06. The van der Waals surface area contributed by atoms with Crippen molar-refractivity contribution in [3.05, 3.63) is 29.8 Å². The van der Waals surface area contributed by atoms with Crippen molar-refractivity contribution in [3.63, 3.8) is 0 Å². The van der Waals surface area contributed by atoms with Crippen molar-refractivity contribution in [2.45, 2.75) is 4.90 Å². The number of rotatable bonds is 4. The van der Waals surface area contributed by atoms with Crippen LogP contribution in [0, 0.1) is 11.3 Å². The number of hydrogen-bond donors (Lipinski definition) is 0. The predicted octanol–water partition coefficient (Wildman–Crippen LogP) is 0.352. The third-order valence-electron chi connectivity index (χ3n) is 2.27. The Morgan fingerprint density at radius 1 is 1.39 bits per heavy atom. The van der Waals surface area contributed by atoms with Gasteiger partial charge in [-0.1, -0.05) is 0 Å². The average molecular weight is 268 g/mol. The van der Waals surface area contributed by atoms with Crippen molar-refractivity contribution in [2.75, 3.05) is 20.7 Å². The Bertz CT molecular complexity index is 572. The molecule has 0 fully saturated rings. The van der Waals surface area contributed by atoms with Gasteiger partial charge in [0.15, 0.2) is 0 Å². The quantitative estimate of drug-likeness (QED) is 0.735. The van der Waals surface area contributed by atoms with Gasteiger partial charge in [-0.05, 0) is 24.3 Å². The molecule has 0 N–H and O–H groups in total. The first kappa shape index (κ1) is 14.2. The van der Waals surface area contributed by atoms with Gasteiger partial charge in [0.1, 0.15) is 6.54 Å². The topological polar surface area (TPSA) is 87.5 Å².